The van der Waals surface area contributed by atoms with E-state index in [1.165, 1.54) is 25.7 Å². The van der Waals surface area contributed by atoms with Crippen LogP contribution in [-0.4, -0.2) is 20.6 Å². The third-order valence-corrected chi connectivity index (χ3v) is 4.57. The lowest BCUT2D eigenvalue weighted by molar-refractivity contribution is 0.216. The highest BCUT2D eigenvalue weighted by Gasteiger charge is 2.32. The number of nitrogens with zero attached hydrogens (tertiary/aromatic N) is 3. The number of hydrogen-bond donors (Lipinski definition) is 1. The Bertz CT molecular complexity index is 590. The van der Waals surface area contributed by atoms with Crippen molar-refractivity contribution >= 4 is 27.5 Å². The zero-order valence-corrected chi connectivity index (χ0v) is 12.9. The fourth-order valence-corrected chi connectivity index (χ4v) is 3.16. The van der Waals surface area contributed by atoms with Crippen LogP contribution in [0.1, 0.15) is 39.5 Å². The molecule has 1 atom stereocenters. The minimum Gasteiger partial charge on any atom is -0.350 e. The van der Waals surface area contributed by atoms with Crippen LogP contribution >= 0.6 is 15.9 Å². The minimum atomic E-state index is 0.316. The maximum Gasteiger partial charge on any atom is 0.243 e. The molecule has 1 aliphatic carbocycles. The standard InChI is InChI=1S/C14H19BrN4/c1-14(2)8-4-3-5-11(14)16-13-17-12-7-6-10(15)9-19(12)18-13/h6-7,9,11H,3-5,8H2,1-2H3,(H,16,18). The fraction of sp³-hybridized carbons (Fsp3) is 0.571. The van der Waals surface area contributed by atoms with E-state index in [-0.39, 0.29) is 0 Å². The maximum absolute atomic E-state index is 4.53. The summed E-state index contributed by atoms with van der Waals surface area (Å²) >= 11 is 3.45. The highest BCUT2D eigenvalue weighted by molar-refractivity contribution is 9.10. The first-order valence-electron chi connectivity index (χ1n) is 6.83. The lowest BCUT2D eigenvalue weighted by atomic mass is 9.73. The van der Waals surface area contributed by atoms with E-state index in [0.717, 1.165) is 16.1 Å². The number of hydrogen-bond acceptors (Lipinski definition) is 3. The average Bonchev–Trinajstić information content (AvgIpc) is 2.73. The van der Waals surface area contributed by atoms with Crippen molar-refractivity contribution in [1.29, 1.82) is 0 Å². The number of aromatic nitrogens is 3. The molecular formula is C14H19BrN4. The lowest BCUT2D eigenvalue weighted by Gasteiger charge is -2.38. The largest absolute Gasteiger partial charge is 0.350 e. The van der Waals surface area contributed by atoms with Crippen LogP contribution in [0.2, 0.25) is 0 Å². The first kappa shape index (κ1) is 12.9. The molecular weight excluding hydrogens is 304 g/mol. The number of halogens is 1. The number of anilines is 1. The van der Waals surface area contributed by atoms with Gasteiger partial charge < -0.3 is 5.32 Å². The van der Waals surface area contributed by atoms with Crippen LogP contribution in [-0.2, 0) is 0 Å². The normalized spacial score (nSPS) is 22.6. The summed E-state index contributed by atoms with van der Waals surface area (Å²) in [5.41, 5.74) is 1.19. The molecule has 4 nitrogen and oxygen atoms in total. The quantitative estimate of drug-likeness (QED) is 0.912. The Kier molecular flexibility index (Phi) is 3.25. The third-order valence-electron chi connectivity index (χ3n) is 4.11. The summed E-state index contributed by atoms with van der Waals surface area (Å²) < 4.78 is 2.82. The monoisotopic (exact) mass is 322 g/mol. The van der Waals surface area contributed by atoms with E-state index in [2.05, 4.69) is 45.2 Å². The number of nitrogens with one attached hydrogen (secondary N) is 1. The minimum absolute atomic E-state index is 0.316. The van der Waals surface area contributed by atoms with Crippen LogP contribution in [0.25, 0.3) is 5.65 Å². The summed E-state index contributed by atoms with van der Waals surface area (Å²) in [6.45, 7) is 4.66. The molecule has 0 bridgehead atoms. The molecule has 1 unspecified atom stereocenters. The second kappa shape index (κ2) is 4.78. The topological polar surface area (TPSA) is 42.2 Å². The molecule has 0 aromatic carbocycles. The second-order valence-corrected chi connectivity index (χ2v) is 6.93. The molecule has 2 aromatic heterocycles. The molecule has 0 spiro atoms. The first-order chi connectivity index (χ1) is 9.04. The van der Waals surface area contributed by atoms with Crippen LogP contribution in [0.3, 0.4) is 0 Å². The molecule has 5 heteroatoms. The molecule has 0 amide bonds. The smallest absolute Gasteiger partial charge is 0.243 e. The van der Waals surface area contributed by atoms with Gasteiger partial charge in [-0.1, -0.05) is 26.7 Å². The zero-order valence-electron chi connectivity index (χ0n) is 11.4. The van der Waals surface area contributed by atoms with E-state index in [1.54, 1.807) is 0 Å². The number of fused-ring (bicyclic) bond motifs is 1. The molecule has 19 heavy (non-hydrogen) atoms. The molecule has 0 aliphatic heterocycles. The predicted molar refractivity (Wildman–Crippen MR) is 80.3 cm³/mol. The highest BCUT2D eigenvalue weighted by atomic mass is 79.9. The molecule has 2 heterocycles. The van der Waals surface area contributed by atoms with Gasteiger partial charge in [0, 0.05) is 16.7 Å². The van der Waals surface area contributed by atoms with Crippen LogP contribution < -0.4 is 5.32 Å². The maximum atomic E-state index is 4.53. The summed E-state index contributed by atoms with van der Waals surface area (Å²) in [6, 6.07) is 4.41. The highest BCUT2D eigenvalue weighted by Crippen LogP contribution is 2.36. The summed E-state index contributed by atoms with van der Waals surface area (Å²) in [6.07, 6.45) is 7.02. The van der Waals surface area contributed by atoms with Crippen LogP contribution in [0.5, 0.6) is 0 Å². The van der Waals surface area contributed by atoms with Gasteiger partial charge in [-0.25, -0.2) is 4.52 Å². The molecule has 0 radical (unpaired) electrons. The van der Waals surface area contributed by atoms with Crippen molar-refractivity contribution in [3.8, 4) is 0 Å². The number of pyridine rings is 1. The van der Waals surface area contributed by atoms with Gasteiger partial charge in [-0.3, -0.25) is 0 Å². The van der Waals surface area contributed by atoms with Crippen LogP contribution in [0.15, 0.2) is 22.8 Å². The Labute approximate surface area is 121 Å². The van der Waals surface area contributed by atoms with Crippen LogP contribution in [0.4, 0.5) is 5.95 Å². The molecule has 2 aromatic rings. The van der Waals surface area contributed by atoms with E-state index in [0.29, 0.717) is 11.5 Å². The van der Waals surface area contributed by atoms with Gasteiger partial charge in [0.05, 0.1) is 0 Å². The molecule has 0 saturated heterocycles. The molecule has 1 N–H and O–H groups in total. The van der Waals surface area contributed by atoms with Crippen molar-refractivity contribution in [2.75, 3.05) is 5.32 Å². The summed E-state index contributed by atoms with van der Waals surface area (Å²) in [5.74, 6) is 0.734. The van der Waals surface area contributed by atoms with E-state index in [1.807, 2.05) is 22.8 Å². The Morgan fingerprint density at radius 2 is 2.21 bits per heavy atom. The second-order valence-electron chi connectivity index (χ2n) is 6.02. The third kappa shape index (κ3) is 2.61. The van der Waals surface area contributed by atoms with Gasteiger partial charge in [0.2, 0.25) is 5.95 Å². The van der Waals surface area contributed by atoms with Gasteiger partial charge in [-0.15, -0.1) is 5.10 Å². The first-order valence-corrected chi connectivity index (χ1v) is 7.62. The van der Waals surface area contributed by atoms with E-state index < -0.39 is 0 Å². The van der Waals surface area contributed by atoms with Gasteiger partial charge in [0.15, 0.2) is 5.65 Å². The predicted octanol–water partition coefficient (Wildman–Crippen LogP) is 3.87. The van der Waals surface area contributed by atoms with E-state index in [9.17, 15) is 0 Å². The van der Waals surface area contributed by atoms with Crippen molar-refractivity contribution in [3.05, 3.63) is 22.8 Å². The van der Waals surface area contributed by atoms with Crippen molar-refractivity contribution < 1.29 is 0 Å². The molecule has 3 rings (SSSR count). The van der Waals surface area contributed by atoms with Gasteiger partial charge in [-0.2, -0.15) is 4.98 Å². The van der Waals surface area contributed by atoms with Gasteiger partial charge in [0.25, 0.3) is 0 Å². The zero-order chi connectivity index (χ0) is 13.5. The van der Waals surface area contributed by atoms with E-state index in [4.69, 9.17) is 0 Å². The Morgan fingerprint density at radius 3 is 3.00 bits per heavy atom. The van der Waals surface area contributed by atoms with Crippen molar-refractivity contribution in [3.63, 3.8) is 0 Å². The Morgan fingerprint density at radius 1 is 1.37 bits per heavy atom. The van der Waals surface area contributed by atoms with Gasteiger partial charge in [0.1, 0.15) is 0 Å². The average molecular weight is 323 g/mol. The Balaban J connectivity index is 1.84. The summed E-state index contributed by atoms with van der Waals surface area (Å²) in [4.78, 5) is 4.53. The molecule has 1 aliphatic rings. The lowest BCUT2D eigenvalue weighted by Crippen LogP contribution is -2.39. The van der Waals surface area contributed by atoms with Gasteiger partial charge >= 0.3 is 0 Å². The molecule has 1 fully saturated rings. The van der Waals surface area contributed by atoms with Crippen molar-refractivity contribution in [2.45, 2.75) is 45.6 Å². The summed E-state index contributed by atoms with van der Waals surface area (Å²) in [5, 5.41) is 8.02. The van der Waals surface area contributed by atoms with Crippen molar-refractivity contribution in [2.24, 2.45) is 5.41 Å². The SMILES string of the molecule is CC1(C)CCCCC1Nc1nc2ccc(Br)cn2n1. The fourth-order valence-electron chi connectivity index (χ4n) is 2.84. The van der Waals surface area contributed by atoms with Gasteiger partial charge in [-0.05, 0) is 46.3 Å². The molecule has 1 saturated carbocycles. The van der Waals surface area contributed by atoms with E-state index >= 15 is 0 Å². The van der Waals surface area contributed by atoms with Crippen LogP contribution in [0, 0.1) is 5.41 Å². The molecule has 102 valence electrons. The number of rotatable bonds is 2. The summed E-state index contributed by atoms with van der Waals surface area (Å²) in [7, 11) is 0. The van der Waals surface area contributed by atoms with Crippen molar-refractivity contribution in [1.82, 2.24) is 14.6 Å². The Hall–Kier alpha value is -1.10.